The normalized spacial score (nSPS) is 18.7. The van der Waals surface area contributed by atoms with E-state index in [4.69, 9.17) is 4.74 Å². The van der Waals surface area contributed by atoms with Crippen molar-refractivity contribution in [2.45, 2.75) is 24.7 Å². The Morgan fingerprint density at radius 2 is 2.05 bits per heavy atom. The lowest BCUT2D eigenvalue weighted by Crippen LogP contribution is -2.42. The van der Waals surface area contributed by atoms with E-state index in [0.29, 0.717) is 12.3 Å². The molecule has 0 amide bonds. The summed E-state index contributed by atoms with van der Waals surface area (Å²) in [7, 11) is -1.96. The van der Waals surface area contributed by atoms with Crippen molar-refractivity contribution in [2.75, 3.05) is 26.7 Å². The molecule has 2 N–H and O–H groups in total. The Bertz CT molecular complexity index is 551. The van der Waals surface area contributed by atoms with Crippen molar-refractivity contribution in [1.29, 1.82) is 0 Å². The Hall–Kier alpha value is -1.11. The summed E-state index contributed by atoms with van der Waals surface area (Å²) in [6, 6.07) is 6.52. The first kappa shape index (κ1) is 15.3. The lowest BCUT2D eigenvalue weighted by Gasteiger charge is -2.34. The highest BCUT2D eigenvalue weighted by molar-refractivity contribution is 7.89. The van der Waals surface area contributed by atoms with Gasteiger partial charge >= 0.3 is 0 Å². The maximum Gasteiger partial charge on any atom is 0.240 e. The SMILES string of the molecule is COc1cccc(S(=O)(=O)NCC2(C)CCNCC2)c1. The molecule has 1 saturated heterocycles. The van der Waals surface area contributed by atoms with E-state index in [1.165, 1.54) is 13.2 Å². The van der Waals surface area contributed by atoms with E-state index in [0.717, 1.165) is 25.9 Å². The zero-order valence-corrected chi connectivity index (χ0v) is 12.8. The smallest absolute Gasteiger partial charge is 0.240 e. The second-order valence-corrected chi connectivity index (χ2v) is 7.33. The van der Waals surface area contributed by atoms with Crippen LogP contribution in [0.25, 0.3) is 0 Å². The van der Waals surface area contributed by atoms with Gasteiger partial charge in [-0.2, -0.15) is 0 Å². The molecule has 1 aliphatic rings. The molecule has 6 heteroatoms. The Kier molecular flexibility index (Phi) is 4.67. The van der Waals surface area contributed by atoms with Crippen LogP contribution in [-0.2, 0) is 10.0 Å². The standard InChI is InChI=1S/C14H22N2O3S/c1-14(6-8-15-9-7-14)11-16-20(17,18)13-5-3-4-12(10-13)19-2/h3-5,10,15-16H,6-9,11H2,1-2H3. The molecular formula is C14H22N2O3S. The lowest BCUT2D eigenvalue weighted by molar-refractivity contribution is 0.232. The van der Waals surface area contributed by atoms with Gasteiger partial charge < -0.3 is 10.1 Å². The first-order valence-electron chi connectivity index (χ1n) is 6.80. The van der Waals surface area contributed by atoms with Crippen molar-refractivity contribution >= 4 is 10.0 Å². The molecular weight excluding hydrogens is 276 g/mol. The van der Waals surface area contributed by atoms with Crippen LogP contribution in [0.15, 0.2) is 29.2 Å². The highest BCUT2D eigenvalue weighted by Gasteiger charge is 2.28. The van der Waals surface area contributed by atoms with Crippen LogP contribution in [0.2, 0.25) is 0 Å². The predicted molar refractivity (Wildman–Crippen MR) is 78.4 cm³/mol. The molecule has 1 aromatic carbocycles. The van der Waals surface area contributed by atoms with Crippen molar-refractivity contribution in [2.24, 2.45) is 5.41 Å². The maximum atomic E-state index is 12.3. The minimum Gasteiger partial charge on any atom is -0.497 e. The molecule has 1 fully saturated rings. The van der Waals surface area contributed by atoms with E-state index >= 15 is 0 Å². The molecule has 0 spiro atoms. The number of piperidine rings is 1. The van der Waals surface area contributed by atoms with E-state index in [1.54, 1.807) is 18.2 Å². The van der Waals surface area contributed by atoms with Gasteiger partial charge in [-0.25, -0.2) is 13.1 Å². The summed E-state index contributed by atoms with van der Waals surface area (Å²) in [5, 5.41) is 3.29. The fraction of sp³-hybridized carbons (Fsp3) is 0.571. The van der Waals surface area contributed by atoms with Gasteiger partial charge in [0, 0.05) is 12.6 Å². The van der Waals surface area contributed by atoms with Crippen molar-refractivity contribution < 1.29 is 13.2 Å². The van der Waals surface area contributed by atoms with Gasteiger partial charge in [0.15, 0.2) is 0 Å². The molecule has 0 saturated carbocycles. The molecule has 112 valence electrons. The predicted octanol–water partition coefficient (Wildman–Crippen LogP) is 1.36. The van der Waals surface area contributed by atoms with Gasteiger partial charge in [-0.05, 0) is 43.5 Å². The van der Waals surface area contributed by atoms with Crippen LogP contribution in [0.3, 0.4) is 0 Å². The summed E-state index contributed by atoms with van der Waals surface area (Å²) in [5.41, 5.74) is 0.0250. The fourth-order valence-electron chi connectivity index (χ4n) is 2.33. The van der Waals surface area contributed by atoms with Crippen LogP contribution in [0.4, 0.5) is 0 Å². The zero-order chi connectivity index (χ0) is 14.6. The molecule has 0 bridgehead atoms. The van der Waals surface area contributed by atoms with E-state index in [2.05, 4.69) is 17.0 Å². The molecule has 2 rings (SSSR count). The van der Waals surface area contributed by atoms with Gasteiger partial charge in [0.2, 0.25) is 10.0 Å². The molecule has 0 radical (unpaired) electrons. The Labute approximate surface area is 120 Å². The number of sulfonamides is 1. The average Bonchev–Trinajstić information content (AvgIpc) is 2.46. The molecule has 0 unspecified atom stereocenters. The molecule has 1 aromatic rings. The van der Waals surface area contributed by atoms with Crippen LogP contribution >= 0.6 is 0 Å². The minimum absolute atomic E-state index is 0.0250. The maximum absolute atomic E-state index is 12.3. The lowest BCUT2D eigenvalue weighted by atomic mass is 9.81. The number of nitrogens with one attached hydrogen (secondary N) is 2. The van der Waals surface area contributed by atoms with Gasteiger partial charge in [-0.1, -0.05) is 13.0 Å². The number of ether oxygens (including phenoxy) is 1. The quantitative estimate of drug-likeness (QED) is 0.861. The molecule has 5 nitrogen and oxygen atoms in total. The van der Waals surface area contributed by atoms with Crippen LogP contribution in [0, 0.1) is 5.41 Å². The van der Waals surface area contributed by atoms with Crippen LogP contribution in [0.5, 0.6) is 5.75 Å². The van der Waals surface area contributed by atoms with Crippen molar-refractivity contribution in [3.63, 3.8) is 0 Å². The molecule has 0 aliphatic carbocycles. The first-order valence-corrected chi connectivity index (χ1v) is 8.28. The summed E-state index contributed by atoms with van der Waals surface area (Å²) in [4.78, 5) is 0.245. The second-order valence-electron chi connectivity index (χ2n) is 5.56. The van der Waals surface area contributed by atoms with Crippen LogP contribution < -0.4 is 14.8 Å². The Morgan fingerprint density at radius 1 is 1.35 bits per heavy atom. The monoisotopic (exact) mass is 298 g/mol. The first-order chi connectivity index (χ1) is 9.45. The number of hydrogen-bond acceptors (Lipinski definition) is 4. The topological polar surface area (TPSA) is 67.4 Å². The summed E-state index contributed by atoms with van der Waals surface area (Å²) in [6.07, 6.45) is 1.96. The third-order valence-corrected chi connectivity index (χ3v) is 5.25. The van der Waals surface area contributed by atoms with Crippen molar-refractivity contribution in [1.82, 2.24) is 10.0 Å². The molecule has 1 heterocycles. The van der Waals surface area contributed by atoms with Gasteiger partial charge in [0.05, 0.1) is 12.0 Å². The third-order valence-electron chi connectivity index (χ3n) is 3.85. The highest BCUT2D eigenvalue weighted by atomic mass is 32.2. The molecule has 20 heavy (non-hydrogen) atoms. The second kappa shape index (κ2) is 6.11. The van der Waals surface area contributed by atoms with E-state index in [1.807, 2.05) is 0 Å². The number of methoxy groups -OCH3 is 1. The summed E-state index contributed by atoms with van der Waals surface area (Å²) >= 11 is 0. The van der Waals surface area contributed by atoms with Gasteiger partial charge in [0.1, 0.15) is 5.75 Å². The molecule has 1 aliphatic heterocycles. The third kappa shape index (κ3) is 3.71. The summed E-state index contributed by atoms with van der Waals surface area (Å²) in [5.74, 6) is 0.543. The molecule has 0 atom stereocenters. The number of rotatable bonds is 5. The molecule has 0 aromatic heterocycles. The fourth-order valence-corrected chi connectivity index (χ4v) is 3.56. The van der Waals surface area contributed by atoms with Gasteiger partial charge in [0.25, 0.3) is 0 Å². The minimum atomic E-state index is -3.48. The average molecular weight is 298 g/mol. The highest BCUT2D eigenvalue weighted by Crippen LogP contribution is 2.27. The summed E-state index contributed by atoms with van der Waals surface area (Å²) in [6.45, 7) is 4.48. The number of hydrogen-bond donors (Lipinski definition) is 2. The zero-order valence-electron chi connectivity index (χ0n) is 12.0. The summed E-state index contributed by atoms with van der Waals surface area (Å²) < 4.78 is 32.4. The van der Waals surface area contributed by atoms with Crippen LogP contribution in [-0.4, -0.2) is 35.2 Å². The van der Waals surface area contributed by atoms with E-state index in [-0.39, 0.29) is 10.3 Å². The van der Waals surface area contributed by atoms with Gasteiger partial charge in [-0.15, -0.1) is 0 Å². The number of benzene rings is 1. The van der Waals surface area contributed by atoms with Gasteiger partial charge in [-0.3, -0.25) is 0 Å². The van der Waals surface area contributed by atoms with E-state index in [9.17, 15) is 8.42 Å². The van der Waals surface area contributed by atoms with E-state index < -0.39 is 10.0 Å². The largest absolute Gasteiger partial charge is 0.497 e. The Balaban J connectivity index is 2.06. The Morgan fingerprint density at radius 3 is 2.70 bits per heavy atom. The van der Waals surface area contributed by atoms with Crippen LogP contribution in [0.1, 0.15) is 19.8 Å². The van der Waals surface area contributed by atoms with Crippen molar-refractivity contribution in [3.05, 3.63) is 24.3 Å². The van der Waals surface area contributed by atoms with Crippen molar-refractivity contribution in [3.8, 4) is 5.75 Å².